The number of aromatic nitrogens is 1. The van der Waals surface area contributed by atoms with E-state index in [1.54, 1.807) is 31.2 Å². The van der Waals surface area contributed by atoms with Crippen LogP contribution in [-0.4, -0.2) is 35.0 Å². The smallest absolute Gasteiger partial charge is 0.338 e. The number of ether oxygens (including phenoxy) is 1. The third kappa shape index (κ3) is 4.03. The van der Waals surface area contributed by atoms with E-state index in [1.165, 1.54) is 16.5 Å². The van der Waals surface area contributed by atoms with Crippen LogP contribution in [0.5, 0.6) is 0 Å². The van der Waals surface area contributed by atoms with Gasteiger partial charge in [0.05, 0.1) is 18.2 Å². The Hall–Kier alpha value is -4.06. The van der Waals surface area contributed by atoms with Crippen molar-refractivity contribution in [2.75, 3.05) is 18.5 Å². The zero-order valence-electron chi connectivity index (χ0n) is 19.3. The van der Waals surface area contributed by atoms with Crippen LogP contribution in [0.1, 0.15) is 45.7 Å². The molecule has 172 valence electrons. The van der Waals surface area contributed by atoms with E-state index in [2.05, 4.69) is 53.6 Å². The molecular formula is C28H27N3O3. The molecule has 6 heteroatoms. The van der Waals surface area contributed by atoms with E-state index in [-0.39, 0.29) is 12.1 Å². The molecule has 3 aromatic carbocycles. The molecule has 4 aromatic rings. The normalized spacial score (nSPS) is 15.1. The molecule has 2 N–H and O–H groups in total. The maximum atomic E-state index is 13.5. The number of aryl methyl sites for hydroxylation is 1. The van der Waals surface area contributed by atoms with Gasteiger partial charge in [-0.2, -0.15) is 0 Å². The summed E-state index contributed by atoms with van der Waals surface area (Å²) in [6, 6.07) is 23.0. The molecule has 0 saturated heterocycles. The van der Waals surface area contributed by atoms with E-state index in [0.29, 0.717) is 24.4 Å². The molecule has 2 amide bonds. The van der Waals surface area contributed by atoms with Crippen molar-refractivity contribution < 1.29 is 14.3 Å². The lowest BCUT2D eigenvalue weighted by Crippen LogP contribution is -2.43. The highest BCUT2D eigenvalue weighted by atomic mass is 16.5. The molecule has 0 unspecified atom stereocenters. The van der Waals surface area contributed by atoms with Crippen molar-refractivity contribution in [3.05, 3.63) is 101 Å². The minimum atomic E-state index is -0.406. The molecule has 0 radical (unpaired) electrons. The van der Waals surface area contributed by atoms with Crippen LogP contribution in [0.25, 0.3) is 10.9 Å². The van der Waals surface area contributed by atoms with E-state index >= 15 is 0 Å². The highest BCUT2D eigenvalue weighted by Crippen LogP contribution is 2.38. The Bertz CT molecular complexity index is 1360. The zero-order valence-corrected chi connectivity index (χ0v) is 19.3. The Labute approximate surface area is 198 Å². The fraction of sp³-hybridized carbons (Fsp3) is 0.214. The lowest BCUT2D eigenvalue weighted by atomic mass is 9.92. The standard InChI is InChI=1S/C28H27N3O3/c1-3-34-27(32)20-7-6-8-21(17-20)29-28(33)31-16-15-23-22-9-4-5-10-24(22)30-25(23)26(31)19-13-11-18(2)12-14-19/h4-14,17,26,30H,3,15-16H2,1-2H3,(H,29,33)/t26-/m1/s1. The molecule has 0 bridgehead atoms. The fourth-order valence-electron chi connectivity index (χ4n) is 4.69. The minimum Gasteiger partial charge on any atom is -0.462 e. The Morgan fingerprint density at radius 3 is 2.65 bits per heavy atom. The van der Waals surface area contributed by atoms with Gasteiger partial charge in [0.1, 0.15) is 0 Å². The van der Waals surface area contributed by atoms with E-state index in [9.17, 15) is 9.59 Å². The highest BCUT2D eigenvalue weighted by Gasteiger charge is 2.34. The second kappa shape index (κ2) is 9.06. The number of anilines is 1. The first-order valence-corrected chi connectivity index (χ1v) is 11.6. The predicted octanol–water partition coefficient (Wildman–Crippen LogP) is 5.83. The number of carbonyl (C=O) groups is 2. The number of H-pyrrole nitrogens is 1. The van der Waals surface area contributed by atoms with Gasteiger partial charge in [-0.25, -0.2) is 9.59 Å². The summed E-state index contributed by atoms with van der Waals surface area (Å²) in [7, 11) is 0. The molecule has 0 saturated carbocycles. The van der Waals surface area contributed by atoms with Gasteiger partial charge in [0.15, 0.2) is 0 Å². The van der Waals surface area contributed by atoms with Crippen LogP contribution >= 0.6 is 0 Å². The Morgan fingerprint density at radius 1 is 1.06 bits per heavy atom. The molecule has 1 aliphatic heterocycles. The number of benzene rings is 3. The average Bonchev–Trinajstić information content (AvgIpc) is 3.23. The van der Waals surface area contributed by atoms with Crippen molar-refractivity contribution in [3.63, 3.8) is 0 Å². The number of rotatable bonds is 4. The summed E-state index contributed by atoms with van der Waals surface area (Å²) in [4.78, 5) is 31.1. The predicted molar refractivity (Wildman–Crippen MR) is 133 cm³/mol. The van der Waals surface area contributed by atoms with Gasteiger partial charge in [0, 0.05) is 28.8 Å². The number of aromatic amines is 1. The molecule has 1 atom stereocenters. The molecule has 1 aromatic heterocycles. The van der Waals surface area contributed by atoms with Gasteiger partial charge in [-0.05, 0) is 55.7 Å². The monoisotopic (exact) mass is 453 g/mol. The number of nitrogens with zero attached hydrogens (tertiary/aromatic N) is 1. The van der Waals surface area contributed by atoms with Crippen molar-refractivity contribution in [2.45, 2.75) is 26.3 Å². The number of amides is 2. The van der Waals surface area contributed by atoms with Crippen LogP contribution in [0.3, 0.4) is 0 Å². The van der Waals surface area contributed by atoms with Gasteiger partial charge in [0.25, 0.3) is 0 Å². The first kappa shape index (κ1) is 21.8. The summed E-state index contributed by atoms with van der Waals surface area (Å²) in [5, 5.41) is 4.20. The number of hydrogen-bond acceptors (Lipinski definition) is 3. The van der Waals surface area contributed by atoms with Gasteiger partial charge in [-0.3, -0.25) is 0 Å². The number of urea groups is 1. The first-order chi connectivity index (χ1) is 16.5. The summed E-state index contributed by atoms with van der Waals surface area (Å²) < 4.78 is 5.09. The average molecular weight is 454 g/mol. The molecule has 0 fully saturated rings. The first-order valence-electron chi connectivity index (χ1n) is 11.6. The van der Waals surface area contributed by atoms with E-state index in [4.69, 9.17) is 4.74 Å². The summed E-state index contributed by atoms with van der Waals surface area (Å²) in [5.41, 5.74) is 6.57. The fourth-order valence-corrected chi connectivity index (χ4v) is 4.69. The number of esters is 1. The molecule has 0 aliphatic carbocycles. The van der Waals surface area contributed by atoms with Crippen molar-refractivity contribution in [2.24, 2.45) is 0 Å². The van der Waals surface area contributed by atoms with Crippen LogP contribution < -0.4 is 5.32 Å². The minimum absolute atomic E-state index is 0.212. The van der Waals surface area contributed by atoms with Crippen LogP contribution in [0.15, 0.2) is 72.8 Å². The lowest BCUT2D eigenvalue weighted by Gasteiger charge is -2.36. The largest absolute Gasteiger partial charge is 0.462 e. The van der Waals surface area contributed by atoms with Crippen molar-refractivity contribution in [1.82, 2.24) is 9.88 Å². The zero-order chi connectivity index (χ0) is 23.7. The summed E-state index contributed by atoms with van der Waals surface area (Å²) in [5.74, 6) is -0.406. The Morgan fingerprint density at radius 2 is 1.85 bits per heavy atom. The van der Waals surface area contributed by atoms with Gasteiger partial charge >= 0.3 is 12.0 Å². The van der Waals surface area contributed by atoms with E-state index in [1.807, 2.05) is 17.0 Å². The quantitative estimate of drug-likeness (QED) is 0.382. The summed E-state index contributed by atoms with van der Waals surface area (Å²) in [6.07, 6.45) is 0.762. The molecule has 2 heterocycles. The number of nitrogens with one attached hydrogen (secondary N) is 2. The van der Waals surface area contributed by atoms with Crippen molar-refractivity contribution in [3.8, 4) is 0 Å². The van der Waals surface area contributed by atoms with Crippen molar-refractivity contribution in [1.29, 1.82) is 0 Å². The number of carbonyl (C=O) groups excluding carboxylic acids is 2. The molecule has 1 aliphatic rings. The van der Waals surface area contributed by atoms with Crippen molar-refractivity contribution >= 4 is 28.6 Å². The highest BCUT2D eigenvalue weighted by molar-refractivity contribution is 5.94. The molecule has 6 nitrogen and oxygen atoms in total. The summed E-state index contributed by atoms with van der Waals surface area (Å²) in [6.45, 7) is 4.70. The molecule has 34 heavy (non-hydrogen) atoms. The maximum Gasteiger partial charge on any atom is 0.338 e. The Kier molecular flexibility index (Phi) is 5.80. The molecule has 0 spiro atoms. The third-order valence-corrected chi connectivity index (χ3v) is 6.31. The van der Waals surface area contributed by atoms with Gasteiger partial charge in [-0.15, -0.1) is 0 Å². The Balaban J connectivity index is 1.50. The van der Waals surface area contributed by atoms with Crippen LogP contribution in [0, 0.1) is 6.92 Å². The topological polar surface area (TPSA) is 74.4 Å². The third-order valence-electron chi connectivity index (χ3n) is 6.31. The van der Waals surface area contributed by atoms with Gasteiger partial charge in [-0.1, -0.05) is 54.1 Å². The van der Waals surface area contributed by atoms with Gasteiger partial charge < -0.3 is 19.9 Å². The number of hydrogen-bond donors (Lipinski definition) is 2. The molecular weight excluding hydrogens is 426 g/mol. The second-order valence-corrected chi connectivity index (χ2v) is 8.55. The van der Waals surface area contributed by atoms with Crippen LogP contribution in [0.2, 0.25) is 0 Å². The van der Waals surface area contributed by atoms with E-state index in [0.717, 1.165) is 23.2 Å². The van der Waals surface area contributed by atoms with Crippen LogP contribution in [-0.2, 0) is 11.2 Å². The molecule has 5 rings (SSSR count). The summed E-state index contributed by atoms with van der Waals surface area (Å²) >= 11 is 0. The second-order valence-electron chi connectivity index (χ2n) is 8.55. The number of para-hydroxylation sites is 1. The lowest BCUT2D eigenvalue weighted by molar-refractivity contribution is 0.0526. The SMILES string of the molecule is CCOC(=O)c1cccc(NC(=O)N2CCc3c([nH]c4ccccc34)[C@H]2c2ccc(C)cc2)c1. The van der Waals surface area contributed by atoms with Gasteiger partial charge in [0.2, 0.25) is 0 Å². The van der Waals surface area contributed by atoms with Crippen LogP contribution in [0.4, 0.5) is 10.5 Å². The van der Waals surface area contributed by atoms with E-state index < -0.39 is 5.97 Å². The number of fused-ring (bicyclic) bond motifs is 3. The maximum absolute atomic E-state index is 13.5.